The van der Waals surface area contributed by atoms with Gasteiger partial charge in [0.2, 0.25) is 0 Å². The number of carbonyl (C=O) groups excluding carboxylic acids is 1. The summed E-state index contributed by atoms with van der Waals surface area (Å²) < 4.78 is 39.3. The lowest BCUT2D eigenvalue weighted by atomic mass is 9.87. The van der Waals surface area contributed by atoms with E-state index in [2.05, 4.69) is 0 Å². The van der Waals surface area contributed by atoms with Crippen LogP contribution in [-0.2, 0) is 32.2 Å². The second-order valence-corrected chi connectivity index (χ2v) is 11.1. The van der Waals surface area contributed by atoms with Crippen LogP contribution in [0.4, 0.5) is 4.79 Å². The molecule has 11 heteroatoms. The van der Waals surface area contributed by atoms with Gasteiger partial charge in [0.15, 0.2) is 0 Å². The Labute approximate surface area is 276 Å². The zero-order chi connectivity index (χ0) is 33.4. The van der Waals surface area contributed by atoms with Crippen molar-refractivity contribution in [3.63, 3.8) is 0 Å². The molecular formula is C36H45NO10. The van der Waals surface area contributed by atoms with Crippen molar-refractivity contribution in [3.05, 3.63) is 89.0 Å². The Kier molecular flexibility index (Phi) is 14.2. The van der Waals surface area contributed by atoms with Crippen LogP contribution in [-0.4, -0.2) is 89.0 Å². The van der Waals surface area contributed by atoms with Gasteiger partial charge in [-0.2, -0.15) is 0 Å². The van der Waals surface area contributed by atoms with E-state index in [4.69, 9.17) is 33.2 Å². The molecule has 0 bridgehead atoms. The molecule has 3 aromatic rings. The van der Waals surface area contributed by atoms with Crippen LogP contribution in [0, 0.1) is 0 Å². The van der Waals surface area contributed by atoms with E-state index in [0.29, 0.717) is 63.7 Å². The molecule has 0 radical (unpaired) electrons. The number of ether oxygens (including phenoxy) is 7. The minimum absolute atomic E-state index is 0.0119. The van der Waals surface area contributed by atoms with Crippen LogP contribution in [0.3, 0.4) is 0 Å². The molecule has 1 aliphatic heterocycles. The van der Waals surface area contributed by atoms with Gasteiger partial charge < -0.3 is 43.2 Å². The first kappa shape index (κ1) is 35.5. The van der Waals surface area contributed by atoms with Gasteiger partial charge in [-0.1, -0.05) is 36.4 Å². The van der Waals surface area contributed by atoms with E-state index in [1.165, 1.54) is 12.0 Å². The number of nitrogens with zero attached hydrogens (tertiary/aromatic N) is 1. The number of benzene rings is 3. The highest BCUT2D eigenvalue weighted by Gasteiger charge is 2.33. The Morgan fingerprint density at radius 3 is 2.36 bits per heavy atom. The summed E-state index contributed by atoms with van der Waals surface area (Å²) in [6.07, 6.45) is 0.673. The fourth-order valence-corrected chi connectivity index (χ4v) is 5.45. The number of esters is 1. The Bertz CT molecular complexity index is 1410. The number of methoxy groups -OCH3 is 3. The quantitative estimate of drug-likeness (QED) is 0.131. The zero-order valence-electron chi connectivity index (χ0n) is 27.4. The fraction of sp³-hybridized carbons (Fsp3) is 0.444. The Morgan fingerprint density at radius 2 is 1.62 bits per heavy atom. The normalized spacial score (nSPS) is 16.0. The van der Waals surface area contributed by atoms with Gasteiger partial charge in [-0.05, 0) is 47.9 Å². The summed E-state index contributed by atoms with van der Waals surface area (Å²) in [4.78, 5) is 25.5. The van der Waals surface area contributed by atoms with E-state index in [0.717, 1.165) is 34.6 Å². The van der Waals surface area contributed by atoms with Gasteiger partial charge in [0.05, 0.1) is 59.9 Å². The van der Waals surface area contributed by atoms with E-state index in [-0.39, 0.29) is 25.2 Å². The number of hydrogen-bond acceptors (Lipinski definition) is 9. The third kappa shape index (κ3) is 10.6. The van der Waals surface area contributed by atoms with E-state index < -0.39 is 12.1 Å². The lowest BCUT2D eigenvalue weighted by molar-refractivity contribution is -0.0200. The number of para-hydroxylation sites is 1. The smallest absolute Gasteiger partial charge is 0.407 e. The highest BCUT2D eigenvalue weighted by molar-refractivity contribution is 5.92. The number of rotatable bonds is 18. The molecule has 47 heavy (non-hydrogen) atoms. The Balaban J connectivity index is 1.33. The second-order valence-electron chi connectivity index (χ2n) is 11.1. The van der Waals surface area contributed by atoms with Crippen LogP contribution in [0.5, 0.6) is 17.2 Å². The highest BCUT2D eigenvalue weighted by Crippen LogP contribution is 2.33. The molecule has 0 saturated carbocycles. The SMILES string of the molecule is COCCCOc1cc(COC2CN(C(=O)O)CCC2c2ccc(OCCCOCc3ccccc3OC)cc2)ccc1C(=O)OC. The fourth-order valence-electron chi connectivity index (χ4n) is 5.45. The van der Waals surface area contributed by atoms with E-state index in [1.807, 2.05) is 48.5 Å². The van der Waals surface area contributed by atoms with Gasteiger partial charge in [-0.25, -0.2) is 9.59 Å². The van der Waals surface area contributed by atoms with Crippen LogP contribution in [0.1, 0.15) is 52.2 Å². The monoisotopic (exact) mass is 651 g/mol. The van der Waals surface area contributed by atoms with Gasteiger partial charge in [0, 0.05) is 44.6 Å². The van der Waals surface area contributed by atoms with Crippen molar-refractivity contribution in [1.82, 2.24) is 4.90 Å². The van der Waals surface area contributed by atoms with Gasteiger partial charge in [-0.15, -0.1) is 0 Å². The van der Waals surface area contributed by atoms with E-state index in [9.17, 15) is 14.7 Å². The van der Waals surface area contributed by atoms with Crippen molar-refractivity contribution < 1.29 is 47.9 Å². The molecule has 254 valence electrons. The summed E-state index contributed by atoms with van der Waals surface area (Å²) in [5, 5.41) is 9.69. The van der Waals surface area contributed by atoms with Gasteiger partial charge >= 0.3 is 12.1 Å². The maximum Gasteiger partial charge on any atom is 0.407 e. The van der Waals surface area contributed by atoms with Gasteiger partial charge in [0.25, 0.3) is 0 Å². The van der Waals surface area contributed by atoms with E-state index >= 15 is 0 Å². The summed E-state index contributed by atoms with van der Waals surface area (Å²) in [5.74, 6) is 1.46. The summed E-state index contributed by atoms with van der Waals surface area (Å²) in [6, 6.07) is 20.9. The van der Waals surface area contributed by atoms with Crippen molar-refractivity contribution in [2.45, 2.75) is 44.5 Å². The molecular weight excluding hydrogens is 606 g/mol. The van der Waals surface area contributed by atoms with Crippen LogP contribution in [0.25, 0.3) is 0 Å². The topological polar surface area (TPSA) is 122 Å². The molecule has 1 fully saturated rings. The molecule has 1 N–H and O–H groups in total. The summed E-state index contributed by atoms with van der Waals surface area (Å²) >= 11 is 0. The minimum atomic E-state index is -0.971. The molecule has 1 heterocycles. The molecule has 1 saturated heterocycles. The number of piperidine rings is 1. The molecule has 1 aliphatic rings. The van der Waals surface area contributed by atoms with Crippen LogP contribution >= 0.6 is 0 Å². The minimum Gasteiger partial charge on any atom is -0.496 e. The third-order valence-electron chi connectivity index (χ3n) is 7.96. The first-order valence-electron chi connectivity index (χ1n) is 15.8. The molecule has 0 aliphatic carbocycles. The van der Waals surface area contributed by atoms with Gasteiger partial charge in [-0.3, -0.25) is 0 Å². The number of carboxylic acid groups (broad SMARTS) is 1. The summed E-state index contributed by atoms with van der Waals surface area (Å²) in [7, 11) is 4.59. The van der Waals surface area contributed by atoms with Crippen LogP contribution in [0.15, 0.2) is 66.7 Å². The molecule has 0 aromatic heterocycles. The highest BCUT2D eigenvalue weighted by atomic mass is 16.5. The van der Waals surface area contributed by atoms with Crippen molar-refractivity contribution >= 4 is 12.1 Å². The molecule has 0 spiro atoms. The first-order valence-corrected chi connectivity index (χ1v) is 15.8. The van der Waals surface area contributed by atoms with Crippen LogP contribution < -0.4 is 14.2 Å². The number of likely N-dealkylation sites (tertiary alicyclic amines) is 1. The predicted molar refractivity (Wildman–Crippen MR) is 175 cm³/mol. The lowest BCUT2D eigenvalue weighted by Crippen LogP contribution is -2.46. The number of hydrogen-bond donors (Lipinski definition) is 1. The number of amides is 1. The first-order chi connectivity index (χ1) is 22.9. The average molecular weight is 652 g/mol. The third-order valence-corrected chi connectivity index (χ3v) is 7.96. The predicted octanol–water partition coefficient (Wildman–Crippen LogP) is 5.94. The molecule has 3 aromatic carbocycles. The molecule has 1 amide bonds. The van der Waals surface area contributed by atoms with Crippen molar-refractivity contribution in [3.8, 4) is 17.2 Å². The number of carbonyl (C=O) groups is 2. The van der Waals surface area contributed by atoms with Crippen LogP contribution in [0.2, 0.25) is 0 Å². The molecule has 2 unspecified atom stereocenters. The largest absolute Gasteiger partial charge is 0.496 e. The zero-order valence-corrected chi connectivity index (χ0v) is 27.4. The molecule has 4 rings (SSSR count). The summed E-state index contributed by atoms with van der Waals surface area (Å²) in [6.45, 7) is 3.33. The molecule has 2 atom stereocenters. The Morgan fingerprint density at radius 1 is 0.851 bits per heavy atom. The Hall–Kier alpha value is -4.32. The maximum atomic E-state index is 12.3. The van der Waals surface area contributed by atoms with Crippen molar-refractivity contribution in [1.29, 1.82) is 0 Å². The second kappa shape index (κ2) is 18.7. The maximum absolute atomic E-state index is 12.3. The van der Waals surface area contributed by atoms with E-state index in [1.54, 1.807) is 32.4 Å². The molecule has 11 nitrogen and oxygen atoms in total. The van der Waals surface area contributed by atoms with Gasteiger partial charge in [0.1, 0.15) is 22.8 Å². The van der Waals surface area contributed by atoms with Crippen molar-refractivity contribution in [2.24, 2.45) is 0 Å². The van der Waals surface area contributed by atoms with Crippen molar-refractivity contribution in [2.75, 3.05) is 60.8 Å². The standard InChI is InChI=1S/C36H45NO10/c1-41-18-6-21-46-33-22-26(10-15-31(33)35(38)43-3)24-47-34-23-37(36(39)40)17-16-30(34)27-11-13-29(14-12-27)45-20-7-19-44-25-28-8-4-5-9-32(28)42-2/h4-5,8-15,22,30,34H,6-7,16-21,23-25H2,1-3H3,(H,39,40). The summed E-state index contributed by atoms with van der Waals surface area (Å²) in [5.41, 5.74) is 3.17. The lowest BCUT2D eigenvalue weighted by Gasteiger charge is -2.37. The average Bonchev–Trinajstić information content (AvgIpc) is 3.10.